The molecule has 1 radical (unpaired) electrons. The summed E-state index contributed by atoms with van der Waals surface area (Å²) in [5, 5.41) is 0. The first-order valence-electron chi connectivity index (χ1n) is 0.805. The molecule has 1 nitrogen and oxygen atoms in total. The van der Waals surface area contributed by atoms with Crippen molar-refractivity contribution in [1.82, 2.24) is 0 Å². The number of rotatable bonds is 0. The number of ether oxygens (including phenoxy) is 1. The molecule has 1 rings (SSSR count). The van der Waals surface area contributed by atoms with E-state index in [-0.39, 0.29) is 32.7 Å². The van der Waals surface area contributed by atoms with Gasteiger partial charge in [-0.15, -0.1) is 0 Å². The summed E-state index contributed by atoms with van der Waals surface area (Å²) in [5.41, 5.74) is 0. The van der Waals surface area contributed by atoms with Gasteiger partial charge in [0.05, 0.1) is 13.2 Å². The van der Waals surface area contributed by atoms with Crippen molar-refractivity contribution in [1.29, 1.82) is 0 Å². The second kappa shape index (κ2) is 2.19. The summed E-state index contributed by atoms with van der Waals surface area (Å²) in [6.07, 6.45) is 0. The van der Waals surface area contributed by atoms with Crippen LogP contribution in [0.3, 0.4) is 0 Å². The third-order valence-electron chi connectivity index (χ3n) is 0.136. The van der Waals surface area contributed by atoms with Gasteiger partial charge in [-0.1, -0.05) is 0 Å². The van der Waals surface area contributed by atoms with Crippen LogP contribution in [0.5, 0.6) is 0 Å². The molecule has 0 aromatic heterocycles. The van der Waals surface area contributed by atoms with Crippen LogP contribution in [0.25, 0.3) is 0 Å². The van der Waals surface area contributed by atoms with E-state index >= 15 is 0 Å². The fourth-order valence-corrected chi connectivity index (χ4v) is 0. The summed E-state index contributed by atoms with van der Waals surface area (Å²) < 4.78 is 4.25. The van der Waals surface area contributed by atoms with E-state index in [1.807, 2.05) is 0 Å². The molecule has 19 valence electrons. The van der Waals surface area contributed by atoms with Gasteiger partial charge in [0.2, 0.25) is 0 Å². The Morgan fingerprint density at radius 2 is 2.00 bits per heavy atom. The first-order chi connectivity index (χ1) is 1.50. The molecular weight excluding hydrogens is 129 g/mol. The fourth-order valence-electron chi connectivity index (χ4n) is 0. The topological polar surface area (TPSA) is 12.5 Å². The quantitative estimate of drug-likeness (QED) is 0.341. The van der Waals surface area contributed by atoms with Crippen LogP contribution in [-0.2, 0) is 37.4 Å². The minimum atomic E-state index is 0. The number of epoxide rings is 1. The van der Waals surface area contributed by atoms with Gasteiger partial charge in [0, 0.05) is 32.7 Å². The van der Waals surface area contributed by atoms with Crippen molar-refractivity contribution in [2.75, 3.05) is 0 Å². The maximum atomic E-state index is 4.25. The average molecular weight is 131 g/mol. The summed E-state index contributed by atoms with van der Waals surface area (Å²) in [6.45, 7) is 3.25. The molecule has 1 fully saturated rings. The normalized spacial score (nSPS) is 16.0. The van der Waals surface area contributed by atoms with Crippen molar-refractivity contribution in [3.8, 4) is 0 Å². The second-order valence-electron chi connectivity index (χ2n) is 0.408. The Bertz CT molecular complexity index is 10.8. The van der Waals surface area contributed by atoms with Crippen LogP contribution in [0.1, 0.15) is 0 Å². The number of hydrogen-bond acceptors (Lipinski definition) is 1. The smallest absolute Gasteiger partial charge is 0.0727 e. The van der Waals surface area contributed by atoms with Crippen molar-refractivity contribution in [2.45, 2.75) is 0 Å². The van der Waals surface area contributed by atoms with E-state index < -0.39 is 0 Å². The molecular formula is C2H2OY. The van der Waals surface area contributed by atoms with Gasteiger partial charge in [0.1, 0.15) is 0 Å². The van der Waals surface area contributed by atoms with E-state index in [1.165, 1.54) is 0 Å². The zero-order valence-electron chi connectivity index (χ0n) is 2.14. The van der Waals surface area contributed by atoms with Crippen molar-refractivity contribution >= 4 is 0 Å². The van der Waals surface area contributed by atoms with Gasteiger partial charge in [-0.05, 0) is 0 Å². The van der Waals surface area contributed by atoms with Crippen molar-refractivity contribution in [3.63, 3.8) is 0 Å². The molecule has 1 aliphatic heterocycles. The molecule has 0 amide bonds. The zero-order valence-corrected chi connectivity index (χ0v) is 4.98. The standard InChI is InChI=1S/C2H2O.Y/c1-2-3-1;/h1-2H;. The first-order valence-corrected chi connectivity index (χ1v) is 0.805. The summed E-state index contributed by atoms with van der Waals surface area (Å²) in [6, 6.07) is 0. The Hall–Kier alpha value is 0.934. The number of hydrogen-bond donors (Lipinski definition) is 0. The van der Waals surface area contributed by atoms with Crippen LogP contribution in [-0.4, -0.2) is 0 Å². The van der Waals surface area contributed by atoms with Crippen LogP contribution in [0.4, 0.5) is 0 Å². The van der Waals surface area contributed by atoms with Gasteiger partial charge >= 0.3 is 0 Å². The maximum absolute atomic E-state index is 4.25. The predicted octanol–water partition coefficient (Wildman–Crippen LogP) is 0.338. The predicted molar refractivity (Wildman–Crippen MR) is 9.69 cm³/mol. The Balaban J connectivity index is 0.0000000900. The van der Waals surface area contributed by atoms with E-state index in [2.05, 4.69) is 4.74 Å². The van der Waals surface area contributed by atoms with Crippen molar-refractivity contribution < 1.29 is 37.4 Å². The molecule has 0 unspecified atom stereocenters. The monoisotopic (exact) mass is 131 g/mol. The van der Waals surface area contributed by atoms with E-state index in [0.717, 1.165) is 0 Å². The SMILES string of the molecule is [CH+]1[CH-]O1.[Y]. The Labute approximate surface area is 50.6 Å². The molecule has 1 saturated heterocycles. The van der Waals surface area contributed by atoms with Crippen molar-refractivity contribution in [2.24, 2.45) is 0 Å². The molecule has 0 aromatic carbocycles. The van der Waals surface area contributed by atoms with Crippen LogP contribution < -0.4 is 0 Å². The summed E-state index contributed by atoms with van der Waals surface area (Å²) in [5.74, 6) is 0. The van der Waals surface area contributed by atoms with Crippen LogP contribution in [0.15, 0.2) is 0 Å². The molecule has 0 bridgehead atoms. The summed E-state index contributed by atoms with van der Waals surface area (Å²) in [4.78, 5) is 0. The van der Waals surface area contributed by atoms with Crippen LogP contribution in [0, 0.1) is 13.2 Å². The van der Waals surface area contributed by atoms with E-state index in [1.54, 1.807) is 13.2 Å². The Kier molecular flexibility index (Phi) is 2.70. The van der Waals surface area contributed by atoms with Crippen molar-refractivity contribution in [3.05, 3.63) is 13.2 Å². The minimum absolute atomic E-state index is 0. The molecule has 0 atom stereocenters. The molecule has 0 aliphatic carbocycles. The van der Waals surface area contributed by atoms with E-state index in [9.17, 15) is 0 Å². The molecule has 4 heavy (non-hydrogen) atoms. The third-order valence-corrected chi connectivity index (χ3v) is 0.136. The first kappa shape index (κ1) is 4.93. The largest absolute Gasteiger partial charge is 0.341 e. The van der Waals surface area contributed by atoms with Gasteiger partial charge in [0.15, 0.2) is 0 Å². The molecule has 0 aromatic rings. The molecule has 0 N–H and O–H groups in total. The Morgan fingerprint density at radius 1 is 1.75 bits per heavy atom. The van der Waals surface area contributed by atoms with E-state index in [0.29, 0.717) is 0 Å². The molecule has 1 aliphatic rings. The molecule has 2 heteroatoms. The molecule has 0 saturated carbocycles. The summed E-state index contributed by atoms with van der Waals surface area (Å²) >= 11 is 0. The minimum Gasteiger partial charge on any atom is -0.341 e. The zero-order chi connectivity index (χ0) is 2.12. The van der Waals surface area contributed by atoms with Gasteiger partial charge in [0.25, 0.3) is 0 Å². The van der Waals surface area contributed by atoms with Gasteiger partial charge in [-0.3, -0.25) is 0 Å². The van der Waals surface area contributed by atoms with Gasteiger partial charge in [-0.25, -0.2) is 0 Å². The Morgan fingerprint density at radius 3 is 2.00 bits per heavy atom. The van der Waals surface area contributed by atoms with Crippen LogP contribution >= 0.6 is 0 Å². The van der Waals surface area contributed by atoms with Gasteiger partial charge in [-0.2, -0.15) is 0 Å². The third kappa shape index (κ3) is 2.93. The molecule has 1 heterocycles. The van der Waals surface area contributed by atoms with Gasteiger partial charge < -0.3 is 4.74 Å². The fraction of sp³-hybridized carbons (Fsp3) is 0. The average Bonchev–Trinajstić information content (AvgIpc) is 1.46. The second-order valence-corrected chi connectivity index (χ2v) is 0.408. The maximum Gasteiger partial charge on any atom is 0.0727 e. The van der Waals surface area contributed by atoms with E-state index in [4.69, 9.17) is 0 Å². The van der Waals surface area contributed by atoms with Crippen LogP contribution in [0.2, 0.25) is 0 Å². The molecule has 0 spiro atoms. The summed E-state index contributed by atoms with van der Waals surface area (Å²) in [7, 11) is 0.